The Kier molecular flexibility index (Phi) is 14.8. The molecule has 1 saturated carbocycles. The molecule has 0 bridgehead atoms. The number of hydrogen-bond donors (Lipinski definition) is 2. The summed E-state index contributed by atoms with van der Waals surface area (Å²) in [5, 5.41) is 6.91. The van der Waals surface area contributed by atoms with Gasteiger partial charge in [0.2, 0.25) is 0 Å². The lowest BCUT2D eigenvalue weighted by atomic mass is 9.96. The Bertz CT molecular complexity index is 1290. The highest BCUT2D eigenvalue weighted by Crippen LogP contribution is 2.36. The van der Waals surface area contributed by atoms with E-state index < -0.39 is 0 Å². The molecule has 42 heavy (non-hydrogen) atoms. The monoisotopic (exact) mass is 567 g/mol. The lowest BCUT2D eigenvalue weighted by Gasteiger charge is -2.21. The maximum Gasteiger partial charge on any atom is 0.0874 e. The third-order valence-electron chi connectivity index (χ3n) is 7.06. The van der Waals surface area contributed by atoms with E-state index in [0.29, 0.717) is 5.92 Å². The maximum absolute atomic E-state index is 4.64. The first-order valence-corrected chi connectivity index (χ1v) is 15.5. The summed E-state index contributed by atoms with van der Waals surface area (Å²) in [4.78, 5) is 11.6. The van der Waals surface area contributed by atoms with Crippen LogP contribution in [0.25, 0.3) is 11.1 Å². The van der Waals surface area contributed by atoms with E-state index in [9.17, 15) is 0 Å². The molecule has 1 fully saturated rings. The predicted octanol–water partition coefficient (Wildman–Crippen LogP) is 9.08. The maximum atomic E-state index is 4.64. The summed E-state index contributed by atoms with van der Waals surface area (Å²) in [6.07, 6.45) is 14.7. The minimum absolute atomic E-state index is 0.586. The molecule has 1 heterocycles. The van der Waals surface area contributed by atoms with Crippen LogP contribution in [-0.2, 0) is 0 Å². The fourth-order valence-corrected chi connectivity index (χ4v) is 4.75. The summed E-state index contributed by atoms with van der Waals surface area (Å²) in [5.41, 5.74) is 9.95. The summed E-state index contributed by atoms with van der Waals surface area (Å²) < 4.78 is 0. The molecule has 3 rings (SSSR count). The predicted molar refractivity (Wildman–Crippen MR) is 185 cm³/mol. The van der Waals surface area contributed by atoms with Crippen molar-refractivity contribution in [3.63, 3.8) is 0 Å². The van der Waals surface area contributed by atoms with E-state index in [4.69, 9.17) is 0 Å². The second-order valence-electron chi connectivity index (χ2n) is 10.6. The number of aromatic nitrogens is 1. The van der Waals surface area contributed by atoms with Gasteiger partial charge in [0.25, 0.3) is 0 Å². The van der Waals surface area contributed by atoms with Crippen molar-refractivity contribution >= 4 is 11.4 Å². The molecule has 5 nitrogen and oxygen atoms in total. The first kappa shape index (κ1) is 34.5. The van der Waals surface area contributed by atoms with Crippen LogP contribution in [0.3, 0.4) is 0 Å². The molecule has 0 aliphatic heterocycles. The normalized spacial score (nSPS) is 13.5. The van der Waals surface area contributed by atoms with E-state index in [0.717, 1.165) is 88.8 Å². The van der Waals surface area contributed by atoms with E-state index >= 15 is 0 Å². The molecular weight excluding hydrogens is 514 g/mol. The number of anilines is 1. The zero-order chi connectivity index (χ0) is 31.1. The number of allylic oxidation sites excluding steroid dienone is 4. The van der Waals surface area contributed by atoms with E-state index in [1.807, 2.05) is 46.3 Å². The average molecular weight is 568 g/mol. The Morgan fingerprint density at radius 2 is 1.71 bits per heavy atom. The van der Waals surface area contributed by atoms with Crippen LogP contribution in [0.5, 0.6) is 0 Å². The standard InChI is InChI=1S/C35H47N5.C2H6/c1-9-18-40(19-10-2)24-25(4)12-17-32(11-3)39-28(7)35(36-8)34-21-30(14-13-26(34)5)31-20-33(23-37-22-31)38-27(6)29-15-16-29;1-2/h11-14,17,20-23,29,38-39H,4,6-7,9-10,15-16,18-19,24H2,1-3,5,8H3;1-2H3/b17-12-,32-11+,36-35?;. The number of pyridine rings is 1. The van der Waals surface area contributed by atoms with Gasteiger partial charge in [-0.3, -0.25) is 14.9 Å². The molecule has 0 saturated heterocycles. The smallest absolute Gasteiger partial charge is 0.0874 e. The molecule has 1 aliphatic rings. The van der Waals surface area contributed by atoms with Crippen LogP contribution in [0.2, 0.25) is 0 Å². The van der Waals surface area contributed by atoms with Crippen molar-refractivity contribution in [3.8, 4) is 11.1 Å². The van der Waals surface area contributed by atoms with Crippen molar-refractivity contribution in [3.05, 3.63) is 108 Å². The second-order valence-corrected chi connectivity index (χ2v) is 10.6. The fraction of sp³-hybridized carbons (Fsp3) is 0.405. The molecule has 5 heteroatoms. The number of benzene rings is 1. The molecule has 226 valence electrons. The van der Waals surface area contributed by atoms with Crippen LogP contribution in [0.1, 0.15) is 71.4 Å². The van der Waals surface area contributed by atoms with Gasteiger partial charge in [-0.15, -0.1) is 0 Å². The van der Waals surface area contributed by atoms with Crippen molar-refractivity contribution < 1.29 is 0 Å². The van der Waals surface area contributed by atoms with Crippen LogP contribution in [0.4, 0.5) is 5.69 Å². The Morgan fingerprint density at radius 3 is 2.31 bits per heavy atom. The van der Waals surface area contributed by atoms with Crippen molar-refractivity contribution in [1.29, 1.82) is 0 Å². The van der Waals surface area contributed by atoms with Gasteiger partial charge in [0, 0.05) is 42.3 Å². The molecule has 1 aromatic heterocycles. The van der Waals surface area contributed by atoms with Gasteiger partial charge in [0.15, 0.2) is 0 Å². The molecular formula is C37H53N5. The Labute approximate surface area is 256 Å². The van der Waals surface area contributed by atoms with Crippen molar-refractivity contribution in [2.75, 3.05) is 32.0 Å². The van der Waals surface area contributed by atoms with E-state index in [-0.39, 0.29) is 0 Å². The van der Waals surface area contributed by atoms with Crippen molar-refractivity contribution in [2.24, 2.45) is 10.9 Å². The highest BCUT2D eigenvalue weighted by Gasteiger charge is 2.24. The van der Waals surface area contributed by atoms with Gasteiger partial charge in [-0.05, 0) is 93.4 Å². The zero-order valence-electron chi connectivity index (χ0n) is 27.2. The highest BCUT2D eigenvalue weighted by atomic mass is 15.1. The number of aliphatic imine (C=N–C) groups is 1. The number of aryl methyl sites for hydroxylation is 1. The first-order valence-electron chi connectivity index (χ1n) is 15.5. The van der Waals surface area contributed by atoms with Gasteiger partial charge in [-0.25, -0.2) is 0 Å². The van der Waals surface area contributed by atoms with Gasteiger partial charge < -0.3 is 10.6 Å². The lowest BCUT2D eigenvalue weighted by molar-refractivity contribution is 0.299. The van der Waals surface area contributed by atoms with Crippen LogP contribution in [-0.4, -0.2) is 42.3 Å². The van der Waals surface area contributed by atoms with E-state index in [2.05, 4.69) is 102 Å². The summed E-state index contributed by atoms with van der Waals surface area (Å²) >= 11 is 0. The lowest BCUT2D eigenvalue weighted by Crippen LogP contribution is -2.27. The van der Waals surface area contributed by atoms with Gasteiger partial charge >= 0.3 is 0 Å². The third kappa shape index (κ3) is 10.6. The molecule has 0 amide bonds. The van der Waals surface area contributed by atoms with Crippen LogP contribution >= 0.6 is 0 Å². The zero-order valence-corrected chi connectivity index (χ0v) is 27.2. The summed E-state index contributed by atoms with van der Waals surface area (Å²) in [6, 6.07) is 8.56. The number of hydrogen-bond acceptors (Lipinski definition) is 5. The summed E-state index contributed by atoms with van der Waals surface area (Å²) in [5.74, 6) is 0.586. The highest BCUT2D eigenvalue weighted by molar-refractivity contribution is 6.13. The first-order chi connectivity index (χ1) is 20.3. The third-order valence-corrected chi connectivity index (χ3v) is 7.06. The largest absolute Gasteiger partial charge is 0.358 e. The minimum atomic E-state index is 0.586. The SMILES string of the molecule is C=C(/C=C\C(=C/C)NC(=C)C(=NC)c1cc(-c2cncc(NC(=C)C3CC3)c2)ccc1C)CN(CCC)CCC.CC. The molecule has 0 radical (unpaired) electrons. The quantitative estimate of drug-likeness (QED) is 0.157. The van der Waals surface area contributed by atoms with Crippen LogP contribution in [0.15, 0.2) is 102 Å². The van der Waals surface area contributed by atoms with Crippen molar-refractivity contribution in [1.82, 2.24) is 15.2 Å². The van der Waals surface area contributed by atoms with Crippen LogP contribution in [0, 0.1) is 12.8 Å². The molecule has 0 spiro atoms. The van der Waals surface area contributed by atoms with Crippen molar-refractivity contribution in [2.45, 2.75) is 67.2 Å². The minimum Gasteiger partial charge on any atom is -0.358 e. The molecule has 1 aliphatic carbocycles. The average Bonchev–Trinajstić information content (AvgIpc) is 3.84. The summed E-state index contributed by atoms with van der Waals surface area (Å²) in [7, 11) is 1.81. The summed E-state index contributed by atoms with van der Waals surface area (Å²) in [6.45, 7) is 28.4. The Hall–Kier alpha value is -3.70. The molecule has 0 unspecified atom stereocenters. The van der Waals surface area contributed by atoms with Gasteiger partial charge in [-0.1, -0.05) is 71.7 Å². The Balaban J connectivity index is 0.00000301. The molecule has 2 aromatic rings. The Morgan fingerprint density at radius 1 is 1.02 bits per heavy atom. The molecule has 0 atom stereocenters. The number of rotatable bonds is 16. The van der Waals surface area contributed by atoms with Gasteiger partial charge in [0.05, 0.1) is 23.3 Å². The van der Waals surface area contributed by atoms with Gasteiger partial charge in [0.1, 0.15) is 0 Å². The number of nitrogens with one attached hydrogen (secondary N) is 2. The van der Waals surface area contributed by atoms with E-state index in [1.54, 1.807) is 0 Å². The molecule has 1 aromatic carbocycles. The van der Waals surface area contributed by atoms with Gasteiger partial charge in [-0.2, -0.15) is 0 Å². The molecule has 2 N–H and O–H groups in total. The topological polar surface area (TPSA) is 52.6 Å². The second kappa shape index (κ2) is 18.0. The fourth-order valence-electron chi connectivity index (χ4n) is 4.75. The van der Waals surface area contributed by atoms with Crippen LogP contribution < -0.4 is 10.6 Å². The van der Waals surface area contributed by atoms with E-state index in [1.165, 1.54) is 12.8 Å². The number of nitrogens with zero attached hydrogens (tertiary/aromatic N) is 3.